The summed E-state index contributed by atoms with van der Waals surface area (Å²) in [7, 11) is -2.49. The molecule has 0 aromatic heterocycles. The molecule has 1 unspecified atom stereocenters. The summed E-state index contributed by atoms with van der Waals surface area (Å²) in [6.07, 6.45) is 0. The van der Waals surface area contributed by atoms with Gasteiger partial charge in [-0.05, 0) is 42.2 Å². The summed E-state index contributed by atoms with van der Waals surface area (Å²) in [6, 6.07) is 3.68. The van der Waals surface area contributed by atoms with Crippen molar-refractivity contribution in [2.45, 2.75) is 13.8 Å². The van der Waals surface area contributed by atoms with E-state index in [9.17, 15) is 13.8 Å². The average molecular weight is 245 g/mol. The van der Waals surface area contributed by atoms with Crippen LogP contribution in [0, 0.1) is 12.7 Å². The van der Waals surface area contributed by atoms with Crippen LogP contribution in [0.2, 0.25) is 0 Å². The van der Waals surface area contributed by atoms with Crippen LogP contribution in [0.25, 0.3) is 0 Å². The summed E-state index contributed by atoms with van der Waals surface area (Å²) in [5.41, 5.74) is -0.514. The number of benzene rings is 1. The standard InChI is InChI=1S/C10H11FO4P/c1-3-14-16(13)10(12)15-9-5-4-8(11)6-7(9)2/h4-6H,3H2,1-2H3/q+1. The molecule has 0 aliphatic carbocycles. The Bertz CT molecular complexity index is 419. The molecule has 0 saturated carbocycles. The molecule has 0 aliphatic rings. The van der Waals surface area contributed by atoms with E-state index in [1.54, 1.807) is 13.8 Å². The molecule has 0 N–H and O–H groups in total. The quantitative estimate of drug-likeness (QED) is 0.762. The van der Waals surface area contributed by atoms with E-state index in [2.05, 4.69) is 4.52 Å². The minimum absolute atomic E-state index is 0.159. The van der Waals surface area contributed by atoms with E-state index in [0.717, 1.165) is 6.07 Å². The van der Waals surface area contributed by atoms with Crippen LogP contribution >= 0.6 is 8.03 Å². The second-order valence-electron chi connectivity index (χ2n) is 2.95. The molecule has 0 fully saturated rings. The van der Waals surface area contributed by atoms with Crippen molar-refractivity contribution in [2.75, 3.05) is 6.61 Å². The van der Waals surface area contributed by atoms with Gasteiger partial charge in [0.05, 0.1) is 0 Å². The molecular formula is C10H11FO4P+. The summed E-state index contributed by atoms with van der Waals surface area (Å²) in [5.74, 6) is -0.249. The second kappa shape index (κ2) is 5.68. The minimum Gasteiger partial charge on any atom is -0.386 e. The average Bonchev–Trinajstić information content (AvgIpc) is 2.22. The first-order valence-corrected chi connectivity index (χ1v) is 5.80. The highest BCUT2D eigenvalue weighted by molar-refractivity contribution is 7.58. The van der Waals surface area contributed by atoms with Crippen LogP contribution in [-0.4, -0.2) is 12.3 Å². The molecule has 1 atom stereocenters. The van der Waals surface area contributed by atoms with E-state index >= 15 is 0 Å². The number of halogens is 1. The van der Waals surface area contributed by atoms with Gasteiger partial charge in [-0.1, -0.05) is 0 Å². The van der Waals surface area contributed by atoms with E-state index in [4.69, 9.17) is 4.74 Å². The molecule has 1 aromatic carbocycles. The Hall–Kier alpha value is -1.32. The zero-order chi connectivity index (χ0) is 12.1. The van der Waals surface area contributed by atoms with E-state index in [1.807, 2.05) is 0 Å². The molecule has 1 rings (SSSR count). The van der Waals surface area contributed by atoms with Crippen molar-refractivity contribution in [1.29, 1.82) is 0 Å². The normalized spacial score (nSPS) is 11.1. The van der Waals surface area contributed by atoms with Crippen LogP contribution in [0.5, 0.6) is 5.75 Å². The van der Waals surface area contributed by atoms with Gasteiger partial charge in [-0.15, -0.1) is 4.52 Å². The number of rotatable bonds is 4. The highest BCUT2D eigenvalue weighted by Crippen LogP contribution is 2.28. The maximum absolute atomic E-state index is 12.7. The van der Waals surface area contributed by atoms with E-state index in [1.165, 1.54) is 12.1 Å². The fourth-order valence-electron chi connectivity index (χ4n) is 1.03. The summed E-state index contributed by atoms with van der Waals surface area (Å²) in [4.78, 5) is 11.2. The van der Waals surface area contributed by atoms with Gasteiger partial charge in [0.25, 0.3) is 0 Å². The third-order valence-corrected chi connectivity index (χ3v) is 2.61. The Kier molecular flexibility index (Phi) is 4.52. The number of ether oxygens (including phenoxy) is 1. The number of carbonyl (C=O) groups is 1. The molecule has 6 heteroatoms. The largest absolute Gasteiger partial charge is 0.636 e. The molecule has 0 bridgehead atoms. The minimum atomic E-state index is -2.49. The van der Waals surface area contributed by atoms with Gasteiger partial charge in [0.1, 0.15) is 18.2 Å². The first kappa shape index (κ1) is 12.7. The van der Waals surface area contributed by atoms with Crippen LogP contribution in [0.3, 0.4) is 0 Å². The summed E-state index contributed by atoms with van der Waals surface area (Å²) >= 11 is 0. The summed E-state index contributed by atoms with van der Waals surface area (Å²) < 4.78 is 33.2. The van der Waals surface area contributed by atoms with Crippen molar-refractivity contribution in [3.63, 3.8) is 0 Å². The van der Waals surface area contributed by atoms with Gasteiger partial charge >= 0.3 is 13.7 Å². The van der Waals surface area contributed by atoms with Crippen molar-refractivity contribution < 1.29 is 23.0 Å². The molecule has 86 valence electrons. The molecule has 1 aromatic rings. The lowest BCUT2D eigenvalue weighted by atomic mass is 10.2. The Morgan fingerprint density at radius 2 is 2.19 bits per heavy atom. The van der Waals surface area contributed by atoms with Gasteiger partial charge in [0.2, 0.25) is 0 Å². The SMILES string of the molecule is CCO[P+](=O)C(=O)Oc1ccc(F)cc1C. The third kappa shape index (κ3) is 3.36. The lowest BCUT2D eigenvalue weighted by molar-refractivity contribution is 0.218. The topological polar surface area (TPSA) is 52.6 Å². The Balaban J connectivity index is 2.73. The highest BCUT2D eigenvalue weighted by Gasteiger charge is 2.34. The molecule has 0 saturated heterocycles. The van der Waals surface area contributed by atoms with Crippen LogP contribution in [0.1, 0.15) is 12.5 Å². The number of hydrogen-bond acceptors (Lipinski definition) is 4. The predicted octanol–water partition coefficient (Wildman–Crippen LogP) is 3.41. The van der Waals surface area contributed by atoms with Crippen molar-refractivity contribution in [1.82, 2.24) is 0 Å². The monoisotopic (exact) mass is 245 g/mol. The Morgan fingerprint density at radius 1 is 1.50 bits per heavy atom. The molecule has 0 amide bonds. The van der Waals surface area contributed by atoms with Crippen molar-refractivity contribution >= 4 is 13.7 Å². The Labute approximate surface area is 93.2 Å². The van der Waals surface area contributed by atoms with E-state index in [-0.39, 0.29) is 12.4 Å². The fourth-order valence-corrected chi connectivity index (χ4v) is 1.54. The van der Waals surface area contributed by atoms with Gasteiger partial charge in [0, 0.05) is 0 Å². The smallest absolute Gasteiger partial charge is 0.386 e. The lowest BCUT2D eigenvalue weighted by Gasteiger charge is -2.01. The van der Waals surface area contributed by atoms with Crippen LogP contribution in [0.15, 0.2) is 18.2 Å². The zero-order valence-electron chi connectivity index (χ0n) is 8.90. The predicted molar refractivity (Wildman–Crippen MR) is 56.4 cm³/mol. The van der Waals surface area contributed by atoms with Crippen LogP contribution in [-0.2, 0) is 9.09 Å². The fraction of sp³-hybridized carbons (Fsp3) is 0.300. The lowest BCUT2D eigenvalue weighted by Crippen LogP contribution is -2.03. The third-order valence-electron chi connectivity index (χ3n) is 1.73. The van der Waals surface area contributed by atoms with E-state index in [0.29, 0.717) is 5.56 Å². The van der Waals surface area contributed by atoms with Gasteiger partial charge in [-0.25, -0.2) is 4.39 Å². The highest BCUT2D eigenvalue weighted by atomic mass is 31.1. The molecule has 0 heterocycles. The number of aryl methyl sites for hydroxylation is 1. The molecule has 16 heavy (non-hydrogen) atoms. The Morgan fingerprint density at radius 3 is 2.75 bits per heavy atom. The second-order valence-corrected chi connectivity index (χ2v) is 4.09. The van der Waals surface area contributed by atoms with Gasteiger partial charge in [-0.3, -0.25) is 0 Å². The van der Waals surface area contributed by atoms with Crippen molar-refractivity contribution in [3.8, 4) is 5.75 Å². The maximum atomic E-state index is 12.7. The van der Waals surface area contributed by atoms with Crippen molar-refractivity contribution in [3.05, 3.63) is 29.6 Å². The molecule has 0 aliphatic heterocycles. The van der Waals surface area contributed by atoms with Gasteiger partial charge in [-0.2, -0.15) is 4.79 Å². The number of hydrogen-bond donors (Lipinski definition) is 0. The number of carbonyl (C=O) groups excluding carboxylic acids is 1. The zero-order valence-corrected chi connectivity index (χ0v) is 9.79. The molecule has 4 nitrogen and oxygen atoms in total. The van der Waals surface area contributed by atoms with E-state index < -0.39 is 19.6 Å². The molecular weight excluding hydrogens is 234 g/mol. The van der Waals surface area contributed by atoms with Gasteiger partial charge < -0.3 is 4.74 Å². The van der Waals surface area contributed by atoms with Crippen molar-refractivity contribution in [2.24, 2.45) is 0 Å². The van der Waals surface area contributed by atoms with Gasteiger partial charge in [0.15, 0.2) is 0 Å². The molecule has 0 radical (unpaired) electrons. The summed E-state index contributed by atoms with van der Waals surface area (Å²) in [5, 5.41) is 0. The first-order chi connectivity index (χ1) is 7.54. The molecule has 0 spiro atoms. The maximum Gasteiger partial charge on any atom is 0.636 e. The van der Waals surface area contributed by atoms with Crippen LogP contribution in [0.4, 0.5) is 9.18 Å². The first-order valence-electron chi connectivity index (χ1n) is 4.62. The van der Waals surface area contributed by atoms with Crippen LogP contribution < -0.4 is 4.74 Å². The summed E-state index contributed by atoms with van der Waals surface area (Å²) in [6.45, 7) is 3.36.